The molecule has 3 aliphatic heterocycles. The van der Waals surface area contributed by atoms with Crippen LogP contribution in [0.2, 0.25) is 0 Å². The van der Waals surface area contributed by atoms with E-state index in [1.807, 2.05) is 30.3 Å². The van der Waals surface area contributed by atoms with Crippen molar-refractivity contribution in [3.63, 3.8) is 0 Å². The summed E-state index contributed by atoms with van der Waals surface area (Å²) in [6.07, 6.45) is 4.99. The molecule has 0 spiro atoms. The number of carboxylic acid groups (broad SMARTS) is 1. The van der Waals surface area contributed by atoms with E-state index in [0.717, 1.165) is 42.4 Å². The summed E-state index contributed by atoms with van der Waals surface area (Å²) in [6.45, 7) is 6.04. The Labute approximate surface area is 170 Å². The molecule has 2 aromatic rings. The van der Waals surface area contributed by atoms with Gasteiger partial charge in [0.15, 0.2) is 6.10 Å². The summed E-state index contributed by atoms with van der Waals surface area (Å²) in [5.74, 6) is -0.693. The fourth-order valence-corrected chi connectivity index (χ4v) is 5.03. The molecule has 4 heterocycles. The van der Waals surface area contributed by atoms with E-state index in [0.29, 0.717) is 11.8 Å². The van der Waals surface area contributed by atoms with Crippen molar-refractivity contribution in [1.82, 2.24) is 4.98 Å². The highest BCUT2D eigenvalue weighted by Gasteiger charge is 2.47. The number of esters is 1. The van der Waals surface area contributed by atoms with Gasteiger partial charge in [0.25, 0.3) is 0 Å². The lowest BCUT2D eigenvalue weighted by atomic mass is 9.73. The number of para-hydroxylation sites is 1. The van der Waals surface area contributed by atoms with Crippen LogP contribution in [-0.4, -0.2) is 36.1 Å². The lowest BCUT2D eigenvalue weighted by Crippen LogP contribution is -3.20. The van der Waals surface area contributed by atoms with Gasteiger partial charge >= 0.3 is 5.97 Å². The van der Waals surface area contributed by atoms with Crippen molar-refractivity contribution in [3.8, 4) is 0 Å². The highest BCUT2D eigenvalue weighted by atomic mass is 16.5. The Morgan fingerprint density at radius 3 is 2.86 bits per heavy atom. The summed E-state index contributed by atoms with van der Waals surface area (Å²) in [6, 6.07) is 9.90. The van der Waals surface area contributed by atoms with Gasteiger partial charge in [0.1, 0.15) is 6.04 Å². The van der Waals surface area contributed by atoms with Crippen molar-refractivity contribution < 1.29 is 24.3 Å². The van der Waals surface area contributed by atoms with Crippen LogP contribution in [0.25, 0.3) is 10.9 Å². The largest absolute Gasteiger partial charge is 0.550 e. The number of rotatable bonds is 7. The summed E-state index contributed by atoms with van der Waals surface area (Å²) in [7, 11) is 0. The molecule has 152 valence electrons. The fraction of sp³-hybridized carbons (Fsp3) is 0.435. The van der Waals surface area contributed by atoms with E-state index >= 15 is 0 Å². The number of aromatic nitrogens is 1. The maximum Gasteiger partial charge on any atom is 0.307 e. The van der Waals surface area contributed by atoms with E-state index in [4.69, 9.17) is 4.74 Å². The van der Waals surface area contributed by atoms with Gasteiger partial charge in [-0.2, -0.15) is 0 Å². The fourth-order valence-electron chi connectivity index (χ4n) is 5.03. The highest BCUT2D eigenvalue weighted by Crippen LogP contribution is 2.36. The summed E-state index contributed by atoms with van der Waals surface area (Å²) in [4.78, 5) is 29.1. The number of pyridine rings is 1. The van der Waals surface area contributed by atoms with Gasteiger partial charge in [0.05, 0.1) is 25.0 Å². The number of ether oxygens (including phenoxy) is 1. The second-order valence-electron chi connectivity index (χ2n) is 8.10. The van der Waals surface area contributed by atoms with E-state index in [9.17, 15) is 14.7 Å². The number of fused-ring (bicyclic) bond motifs is 4. The molecule has 3 fully saturated rings. The van der Waals surface area contributed by atoms with Gasteiger partial charge < -0.3 is 19.5 Å². The molecule has 3 saturated heterocycles. The standard InChI is InChI=1S/C23H26N2O4/c1-2-15-14-25-12-10-16(15)13-20(25)23(29-22(28)8-7-21(26)27)18-9-11-24-19-6-4-3-5-17(18)19/h2-6,9,11,15-16,20,23H,1,7-8,10,12-14H2,(H,26,27)/t15-,16-,20+,23+/m0/s1. The number of carboxylic acids is 1. The van der Waals surface area contributed by atoms with Gasteiger partial charge in [-0.25, -0.2) is 0 Å². The zero-order valence-electron chi connectivity index (χ0n) is 16.4. The van der Waals surface area contributed by atoms with Crippen molar-refractivity contribution in [2.75, 3.05) is 13.1 Å². The second kappa shape index (κ2) is 8.33. The molecule has 6 nitrogen and oxygen atoms in total. The number of carbonyl (C=O) groups excluding carboxylic acids is 2. The zero-order chi connectivity index (χ0) is 20.4. The number of quaternary nitrogens is 1. The molecule has 3 aliphatic rings. The molecule has 0 radical (unpaired) electrons. The smallest absolute Gasteiger partial charge is 0.307 e. The topological polar surface area (TPSA) is 83.8 Å². The lowest BCUT2D eigenvalue weighted by Gasteiger charge is -2.48. The van der Waals surface area contributed by atoms with Gasteiger partial charge in [-0.05, 0) is 24.5 Å². The Morgan fingerprint density at radius 1 is 1.31 bits per heavy atom. The Morgan fingerprint density at radius 2 is 2.14 bits per heavy atom. The number of hydrogen-bond donors (Lipinski definition) is 1. The highest BCUT2D eigenvalue weighted by molar-refractivity contribution is 5.83. The summed E-state index contributed by atoms with van der Waals surface area (Å²) >= 11 is 0. The van der Waals surface area contributed by atoms with E-state index in [-0.39, 0.29) is 18.9 Å². The predicted molar refractivity (Wildman–Crippen MR) is 106 cm³/mol. The summed E-state index contributed by atoms with van der Waals surface area (Å²) < 4.78 is 5.95. The molecule has 1 aromatic carbocycles. The van der Waals surface area contributed by atoms with Crippen LogP contribution < -0.4 is 10.0 Å². The molecular formula is C23H26N2O4. The number of piperidine rings is 3. The maximum atomic E-state index is 12.5. The third kappa shape index (κ3) is 4.03. The first kappa shape index (κ1) is 19.6. The predicted octanol–water partition coefficient (Wildman–Crippen LogP) is 0.829. The molecule has 1 aromatic heterocycles. The van der Waals surface area contributed by atoms with E-state index in [1.54, 1.807) is 6.20 Å². The summed E-state index contributed by atoms with van der Waals surface area (Å²) in [5.41, 5.74) is 1.80. The van der Waals surface area contributed by atoms with Crippen LogP contribution in [-0.2, 0) is 14.3 Å². The second-order valence-corrected chi connectivity index (χ2v) is 8.10. The van der Waals surface area contributed by atoms with Crippen molar-refractivity contribution in [2.24, 2.45) is 11.8 Å². The van der Waals surface area contributed by atoms with Gasteiger partial charge in [0.2, 0.25) is 0 Å². The van der Waals surface area contributed by atoms with E-state index < -0.39 is 18.0 Å². The minimum Gasteiger partial charge on any atom is -0.550 e. The van der Waals surface area contributed by atoms with Crippen molar-refractivity contribution in [3.05, 3.63) is 54.7 Å². The zero-order valence-corrected chi connectivity index (χ0v) is 16.4. The number of nitrogens with zero attached hydrogens (tertiary/aromatic N) is 1. The molecule has 1 unspecified atom stereocenters. The number of carbonyl (C=O) groups is 2. The maximum absolute atomic E-state index is 12.5. The van der Waals surface area contributed by atoms with Gasteiger partial charge in [-0.15, -0.1) is 6.58 Å². The average molecular weight is 394 g/mol. The van der Waals surface area contributed by atoms with Crippen LogP contribution in [0, 0.1) is 11.8 Å². The lowest BCUT2D eigenvalue weighted by molar-refractivity contribution is -0.949. The third-order valence-corrected chi connectivity index (χ3v) is 6.47. The molecule has 2 bridgehead atoms. The molecule has 0 amide bonds. The normalized spacial score (nSPS) is 26.8. The number of hydrogen-bond acceptors (Lipinski definition) is 5. The Bertz CT molecular complexity index is 923. The van der Waals surface area contributed by atoms with Gasteiger partial charge in [0, 0.05) is 41.9 Å². The number of aliphatic carboxylic acids is 1. The molecular weight excluding hydrogens is 368 g/mol. The quantitative estimate of drug-likeness (QED) is 0.556. The first-order valence-corrected chi connectivity index (χ1v) is 10.3. The Hall–Kier alpha value is -2.73. The van der Waals surface area contributed by atoms with Gasteiger partial charge in [-0.3, -0.25) is 9.78 Å². The monoisotopic (exact) mass is 394 g/mol. The van der Waals surface area contributed by atoms with Crippen LogP contribution in [0.5, 0.6) is 0 Å². The minimum absolute atomic E-state index is 0.141. The van der Waals surface area contributed by atoms with Gasteiger partial charge in [-0.1, -0.05) is 24.3 Å². The summed E-state index contributed by atoms with van der Waals surface area (Å²) in [5, 5.41) is 11.7. The molecule has 29 heavy (non-hydrogen) atoms. The van der Waals surface area contributed by atoms with Crippen molar-refractivity contribution in [2.45, 2.75) is 37.8 Å². The molecule has 0 aliphatic carbocycles. The van der Waals surface area contributed by atoms with Crippen LogP contribution in [0.15, 0.2) is 49.2 Å². The van der Waals surface area contributed by atoms with E-state index in [2.05, 4.69) is 17.6 Å². The van der Waals surface area contributed by atoms with E-state index in [1.165, 1.54) is 4.90 Å². The Kier molecular flexibility index (Phi) is 5.62. The molecule has 0 saturated carbocycles. The third-order valence-electron chi connectivity index (χ3n) is 6.47. The van der Waals surface area contributed by atoms with Crippen molar-refractivity contribution >= 4 is 22.8 Å². The van der Waals surface area contributed by atoms with Crippen LogP contribution in [0.1, 0.15) is 37.4 Å². The van der Waals surface area contributed by atoms with Crippen LogP contribution >= 0.6 is 0 Å². The molecule has 6 heteroatoms. The Balaban J connectivity index is 1.67. The number of benzene rings is 1. The molecule has 1 N–H and O–H groups in total. The number of nitrogens with one attached hydrogen (secondary N) is 1. The van der Waals surface area contributed by atoms with Crippen molar-refractivity contribution in [1.29, 1.82) is 0 Å². The van der Waals surface area contributed by atoms with Crippen LogP contribution in [0.4, 0.5) is 0 Å². The minimum atomic E-state index is -1.24. The SMILES string of the molecule is C=C[C@H]1C[NH+]2CC[C@H]1C[C@@H]2[C@H](OC(=O)CCC(=O)[O-])c1ccnc2ccccc12. The van der Waals surface area contributed by atoms with Crippen LogP contribution in [0.3, 0.4) is 0 Å². The first-order valence-electron chi connectivity index (χ1n) is 10.3. The first-order chi connectivity index (χ1) is 14.1. The molecule has 5 atom stereocenters. The average Bonchev–Trinajstić information content (AvgIpc) is 2.76. The molecule has 5 rings (SSSR count).